The molecule has 0 fully saturated rings. The topological polar surface area (TPSA) is 12.0 Å². The Morgan fingerprint density at radius 3 is 2.35 bits per heavy atom. The molecule has 0 heterocycles. The summed E-state index contributed by atoms with van der Waals surface area (Å²) in [6.45, 7) is 8.61. The average Bonchev–Trinajstić information content (AvgIpc) is 2.38. The van der Waals surface area contributed by atoms with Crippen molar-refractivity contribution in [3.63, 3.8) is 0 Å². The highest BCUT2D eigenvalue weighted by Gasteiger charge is 2.11. The molecule has 0 spiro atoms. The highest BCUT2D eigenvalue weighted by Crippen LogP contribution is 2.30. The van der Waals surface area contributed by atoms with Gasteiger partial charge in [0.05, 0.1) is 10.7 Å². The van der Waals surface area contributed by atoms with E-state index in [0.29, 0.717) is 0 Å². The van der Waals surface area contributed by atoms with Crippen LogP contribution in [-0.4, -0.2) is 0 Å². The van der Waals surface area contributed by atoms with Crippen molar-refractivity contribution in [3.8, 4) is 0 Å². The fourth-order valence-corrected chi connectivity index (χ4v) is 2.90. The largest absolute Gasteiger partial charge is 0.377 e. The second kappa shape index (κ2) is 6.19. The summed E-state index contributed by atoms with van der Waals surface area (Å²) in [6, 6.07) is 10.6. The van der Waals surface area contributed by atoms with Gasteiger partial charge < -0.3 is 5.32 Å². The Balaban J connectivity index is 2.30. The van der Waals surface area contributed by atoms with Gasteiger partial charge in [0.25, 0.3) is 0 Å². The Morgan fingerprint density at radius 2 is 1.65 bits per heavy atom. The van der Waals surface area contributed by atoms with Gasteiger partial charge in [-0.2, -0.15) is 0 Å². The summed E-state index contributed by atoms with van der Waals surface area (Å²) in [5.74, 6) is 0. The molecule has 0 radical (unpaired) electrons. The molecule has 1 nitrogen and oxygen atoms in total. The zero-order valence-electron chi connectivity index (χ0n) is 12.2. The van der Waals surface area contributed by atoms with Gasteiger partial charge in [0.2, 0.25) is 0 Å². The first-order chi connectivity index (χ1) is 9.38. The van der Waals surface area contributed by atoms with E-state index in [2.05, 4.69) is 61.1 Å². The number of aryl methyl sites for hydroxylation is 3. The van der Waals surface area contributed by atoms with Crippen LogP contribution in [0.15, 0.2) is 34.8 Å². The van der Waals surface area contributed by atoms with Crippen molar-refractivity contribution in [1.29, 1.82) is 0 Å². The lowest BCUT2D eigenvalue weighted by atomic mass is 9.96. The Labute approximate surface area is 134 Å². The third-order valence-corrected chi connectivity index (χ3v) is 4.47. The first-order valence-corrected chi connectivity index (χ1v) is 7.85. The first kappa shape index (κ1) is 15.4. The molecular weight excluding hydrogens is 334 g/mol. The summed E-state index contributed by atoms with van der Waals surface area (Å²) in [4.78, 5) is 0. The summed E-state index contributed by atoms with van der Waals surface area (Å²) in [7, 11) is 0. The Kier molecular flexibility index (Phi) is 4.77. The minimum atomic E-state index is 0.209. The Bertz CT molecular complexity index is 637. The van der Waals surface area contributed by atoms with Gasteiger partial charge in [0, 0.05) is 10.5 Å². The smallest absolute Gasteiger partial charge is 0.0638 e. The maximum Gasteiger partial charge on any atom is 0.0638 e. The van der Waals surface area contributed by atoms with Gasteiger partial charge in [-0.25, -0.2) is 0 Å². The number of halogens is 2. The summed E-state index contributed by atoms with van der Waals surface area (Å²) < 4.78 is 1.02. The van der Waals surface area contributed by atoms with Crippen molar-refractivity contribution in [2.45, 2.75) is 33.7 Å². The van der Waals surface area contributed by atoms with Crippen molar-refractivity contribution >= 4 is 33.2 Å². The molecule has 1 N–H and O–H groups in total. The summed E-state index contributed by atoms with van der Waals surface area (Å²) >= 11 is 9.72. The number of hydrogen-bond donors (Lipinski definition) is 1. The van der Waals surface area contributed by atoms with Crippen LogP contribution in [0.4, 0.5) is 5.69 Å². The molecule has 0 aromatic heterocycles. The second-order valence-electron chi connectivity index (χ2n) is 5.28. The number of benzene rings is 2. The fraction of sp³-hybridized carbons (Fsp3) is 0.294. The van der Waals surface area contributed by atoms with Crippen LogP contribution in [0.3, 0.4) is 0 Å². The van der Waals surface area contributed by atoms with Crippen molar-refractivity contribution in [3.05, 3.63) is 62.1 Å². The normalized spacial score (nSPS) is 12.3. The van der Waals surface area contributed by atoms with Crippen molar-refractivity contribution in [2.24, 2.45) is 0 Å². The lowest BCUT2D eigenvalue weighted by Gasteiger charge is -2.20. The minimum absolute atomic E-state index is 0.209. The highest BCUT2D eigenvalue weighted by molar-refractivity contribution is 9.10. The summed E-state index contributed by atoms with van der Waals surface area (Å²) in [6.07, 6.45) is 0. The molecule has 1 atom stereocenters. The van der Waals surface area contributed by atoms with Crippen LogP contribution >= 0.6 is 27.5 Å². The molecule has 106 valence electrons. The Hall–Kier alpha value is -0.990. The van der Waals surface area contributed by atoms with Crippen molar-refractivity contribution in [1.82, 2.24) is 0 Å². The van der Waals surface area contributed by atoms with Crippen LogP contribution in [0.25, 0.3) is 0 Å². The first-order valence-electron chi connectivity index (χ1n) is 6.68. The molecule has 0 aliphatic carbocycles. The molecule has 0 saturated heterocycles. The second-order valence-corrected chi connectivity index (χ2v) is 6.61. The van der Waals surface area contributed by atoms with E-state index in [1.807, 2.05) is 18.2 Å². The number of nitrogens with one attached hydrogen (secondary N) is 1. The maximum absolute atomic E-state index is 6.24. The van der Waals surface area contributed by atoms with E-state index in [1.165, 1.54) is 22.3 Å². The predicted molar refractivity (Wildman–Crippen MR) is 91.8 cm³/mol. The van der Waals surface area contributed by atoms with E-state index < -0.39 is 0 Å². The van der Waals surface area contributed by atoms with Crippen LogP contribution in [0, 0.1) is 20.8 Å². The van der Waals surface area contributed by atoms with Gasteiger partial charge in [-0.15, -0.1) is 0 Å². The lowest BCUT2D eigenvalue weighted by Crippen LogP contribution is -2.09. The lowest BCUT2D eigenvalue weighted by molar-refractivity contribution is 0.870. The van der Waals surface area contributed by atoms with E-state index in [0.717, 1.165) is 15.2 Å². The standard InChI is InChI=1S/C17H19BrClN/c1-10-7-12(3)15(8-11(10)2)13(4)20-17-9-14(18)5-6-16(17)19/h5-9,13,20H,1-4H3. The van der Waals surface area contributed by atoms with Gasteiger partial charge in [0.15, 0.2) is 0 Å². The third-order valence-electron chi connectivity index (χ3n) is 3.65. The maximum atomic E-state index is 6.24. The third kappa shape index (κ3) is 3.36. The molecule has 0 aliphatic heterocycles. The molecule has 20 heavy (non-hydrogen) atoms. The van der Waals surface area contributed by atoms with E-state index in [-0.39, 0.29) is 6.04 Å². The molecular formula is C17H19BrClN. The van der Waals surface area contributed by atoms with Crippen molar-refractivity contribution < 1.29 is 0 Å². The number of rotatable bonds is 3. The molecule has 0 saturated carbocycles. The molecule has 2 rings (SSSR count). The summed E-state index contributed by atoms with van der Waals surface area (Å²) in [5.41, 5.74) is 6.22. The molecule has 0 amide bonds. The van der Waals surface area contributed by atoms with Gasteiger partial charge in [0.1, 0.15) is 0 Å². The SMILES string of the molecule is Cc1cc(C)c(C(C)Nc2cc(Br)ccc2Cl)cc1C. The molecule has 1 unspecified atom stereocenters. The minimum Gasteiger partial charge on any atom is -0.377 e. The summed E-state index contributed by atoms with van der Waals surface area (Å²) in [5, 5.41) is 4.23. The fourth-order valence-electron chi connectivity index (χ4n) is 2.37. The van der Waals surface area contributed by atoms with Crippen LogP contribution < -0.4 is 5.32 Å². The zero-order valence-corrected chi connectivity index (χ0v) is 14.6. The molecule has 0 aliphatic rings. The Morgan fingerprint density at radius 1 is 1.00 bits per heavy atom. The van der Waals surface area contributed by atoms with Crippen LogP contribution in [0.1, 0.15) is 35.2 Å². The van der Waals surface area contributed by atoms with E-state index in [1.54, 1.807) is 0 Å². The van der Waals surface area contributed by atoms with Crippen LogP contribution in [0.5, 0.6) is 0 Å². The van der Waals surface area contributed by atoms with Crippen LogP contribution in [0.2, 0.25) is 5.02 Å². The molecule has 3 heteroatoms. The zero-order chi connectivity index (χ0) is 14.9. The van der Waals surface area contributed by atoms with E-state index >= 15 is 0 Å². The van der Waals surface area contributed by atoms with Gasteiger partial charge in [-0.1, -0.05) is 39.7 Å². The monoisotopic (exact) mass is 351 g/mol. The number of hydrogen-bond acceptors (Lipinski definition) is 1. The molecule has 0 bridgehead atoms. The molecule has 2 aromatic carbocycles. The van der Waals surface area contributed by atoms with Crippen molar-refractivity contribution in [2.75, 3.05) is 5.32 Å². The highest BCUT2D eigenvalue weighted by atomic mass is 79.9. The van der Waals surface area contributed by atoms with Gasteiger partial charge in [-0.3, -0.25) is 0 Å². The van der Waals surface area contributed by atoms with Gasteiger partial charge >= 0.3 is 0 Å². The predicted octanol–water partition coefficient (Wildman–Crippen LogP) is 6.20. The van der Waals surface area contributed by atoms with Crippen LogP contribution in [-0.2, 0) is 0 Å². The van der Waals surface area contributed by atoms with E-state index in [9.17, 15) is 0 Å². The quantitative estimate of drug-likeness (QED) is 0.693. The number of anilines is 1. The average molecular weight is 353 g/mol. The van der Waals surface area contributed by atoms with Gasteiger partial charge in [-0.05, 0) is 68.1 Å². The van der Waals surface area contributed by atoms with E-state index in [4.69, 9.17) is 11.6 Å². The molecule has 2 aromatic rings.